The molecule has 2 amide bonds. The van der Waals surface area contributed by atoms with E-state index < -0.39 is 29.2 Å². The number of carboxylic acids is 1. The average Bonchev–Trinajstić information content (AvgIpc) is 3.54. The number of fused-ring (bicyclic) bond motifs is 1. The molecule has 2 N–H and O–H groups in total. The molecular formula is C25H24N4O6S3. The predicted octanol–water partition coefficient (Wildman–Crippen LogP) is 3.78. The van der Waals surface area contributed by atoms with E-state index in [4.69, 9.17) is 9.15 Å². The normalized spacial score (nSPS) is 18.7. The number of hydrogen-bond donors (Lipinski definition) is 2. The van der Waals surface area contributed by atoms with Gasteiger partial charge >= 0.3 is 5.97 Å². The number of nitrogens with one attached hydrogen (secondary N) is 1. The van der Waals surface area contributed by atoms with E-state index in [1.165, 1.54) is 45.8 Å². The van der Waals surface area contributed by atoms with Gasteiger partial charge in [0.2, 0.25) is 0 Å². The van der Waals surface area contributed by atoms with Gasteiger partial charge in [-0.15, -0.1) is 22.0 Å². The van der Waals surface area contributed by atoms with Crippen LogP contribution < -0.4 is 10.1 Å². The second-order valence-corrected chi connectivity index (χ2v) is 12.3. The topological polar surface area (TPSA) is 135 Å². The lowest BCUT2D eigenvalue weighted by molar-refractivity contribution is -0.148. The van der Waals surface area contributed by atoms with Gasteiger partial charge in [-0.25, -0.2) is 4.79 Å². The van der Waals surface area contributed by atoms with E-state index in [9.17, 15) is 19.5 Å². The van der Waals surface area contributed by atoms with E-state index >= 15 is 0 Å². The van der Waals surface area contributed by atoms with Gasteiger partial charge in [0, 0.05) is 11.5 Å². The van der Waals surface area contributed by atoms with Crippen molar-refractivity contribution in [1.29, 1.82) is 0 Å². The molecule has 0 radical (unpaired) electrons. The van der Waals surface area contributed by atoms with Gasteiger partial charge < -0.3 is 19.6 Å². The molecule has 198 valence electrons. The summed E-state index contributed by atoms with van der Waals surface area (Å²) in [6.45, 7) is 5.92. The zero-order valence-corrected chi connectivity index (χ0v) is 23.2. The minimum absolute atomic E-state index is 0.0261. The van der Waals surface area contributed by atoms with Crippen molar-refractivity contribution < 1.29 is 28.6 Å². The molecule has 1 fully saturated rings. The van der Waals surface area contributed by atoms with Crippen molar-refractivity contribution >= 4 is 52.6 Å². The Balaban J connectivity index is 1.21. The highest BCUT2D eigenvalue weighted by Crippen LogP contribution is 2.42. The zero-order chi connectivity index (χ0) is 27.0. The van der Waals surface area contributed by atoms with Gasteiger partial charge in [0.05, 0.1) is 0 Å². The Morgan fingerprint density at radius 1 is 1.24 bits per heavy atom. The fourth-order valence-electron chi connectivity index (χ4n) is 4.08. The summed E-state index contributed by atoms with van der Waals surface area (Å²) in [5.41, 5.74) is 2.67. The lowest BCUT2D eigenvalue weighted by Gasteiger charge is -2.49. The molecule has 4 heterocycles. The van der Waals surface area contributed by atoms with E-state index in [0.29, 0.717) is 22.8 Å². The second kappa shape index (κ2) is 10.8. The summed E-state index contributed by atoms with van der Waals surface area (Å²) in [7, 11) is 0. The number of benzene rings is 1. The number of hydrogen-bond acceptors (Lipinski definition) is 10. The molecule has 1 aromatic carbocycles. The van der Waals surface area contributed by atoms with Crippen molar-refractivity contribution in [3.05, 3.63) is 69.3 Å². The monoisotopic (exact) mass is 572 g/mol. The maximum atomic E-state index is 12.9. The first-order chi connectivity index (χ1) is 18.2. The quantitative estimate of drug-likeness (QED) is 0.288. The first kappa shape index (κ1) is 26.3. The molecular weight excluding hydrogens is 548 g/mol. The van der Waals surface area contributed by atoms with E-state index in [2.05, 4.69) is 15.5 Å². The number of carbonyl (C=O) groups excluding carboxylic acids is 2. The van der Waals surface area contributed by atoms with Crippen LogP contribution in [0.4, 0.5) is 0 Å². The number of aromatic nitrogens is 2. The largest absolute Gasteiger partial charge is 0.485 e. The van der Waals surface area contributed by atoms with Crippen molar-refractivity contribution in [2.75, 3.05) is 11.5 Å². The number of aliphatic carboxylic acids is 1. The third kappa shape index (κ3) is 5.31. The van der Waals surface area contributed by atoms with Crippen LogP contribution in [0.1, 0.15) is 32.4 Å². The SMILES string of the molecule is Cc1ccc(C)c(OCc2ccc(C(=O)N[C@H]3C(=O)N4C(C(=O)O)=C(CSc5nnc(C)s5)CS[C@@H]34)o2)c1. The van der Waals surface area contributed by atoms with Crippen LogP contribution in [-0.2, 0) is 16.2 Å². The summed E-state index contributed by atoms with van der Waals surface area (Å²) in [4.78, 5) is 39.1. The molecule has 38 heavy (non-hydrogen) atoms. The summed E-state index contributed by atoms with van der Waals surface area (Å²) in [6.07, 6.45) is 0. The van der Waals surface area contributed by atoms with Crippen LogP contribution in [0.3, 0.4) is 0 Å². The third-order valence-electron chi connectivity index (χ3n) is 6.01. The molecule has 0 saturated carbocycles. The Morgan fingerprint density at radius 3 is 2.79 bits per heavy atom. The summed E-state index contributed by atoms with van der Waals surface area (Å²) < 4.78 is 12.2. The van der Waals surface area contributed by atoms with Crippen LogP contribution in [0.5, 0.6) is 5.75 Å². The van der Waals surface area contributed by atoms with Gasteiger partial charge in [0.15, 0.2) is 10.1 Å². The summed E-state index contributed by atoms with van der Waals surface area (Å²) in [5.74, 6) is -0.118. The van der Waals surface area contributed by atoms with E-state index in [0.717, 1.165) is 26.2 Å². The maximum absolute atomic E-state index is 12.9. The standard InChI is InChI=1S/C25H24N4O6S3/c1-12-4-5-13(2)18(8-12)34-9-16-6-7-17(35-16)21(30)26-19-22(31)29-20(24(32)33)15(10-36-23(19)29)11-37-25-28-27-14(3)38-25/h4-8,19,23H,9-11H2,1-3H3,(H,26,30)(H,32,33)/t19-,23-/m0/s1. The number of carboxylic acid groups (broad SMARTS) is 1. The van der Waals surface area contributed by atoms with Gasteiger partial charge in [-0.2, -0.15) is 0 Å². The van der Waals surface area contributed by atoms with E-state index in [1.807, 2.05) is 39.0 Å². The number of aryl methyl sites for hydroxylation is 3. The minimum atomic E-state index is -1.17. The Bertz CT molecular complexity index is 1450. The number of rotatable bonds is 9. The average molecular weight is 573 g/mol. The highest BCUT2D eigenvalue weighted by Gasteiger charge is 2.54. The molecule has 0 spiro atoms. The van der Waals surface area contributed by atoms with Crippen molar-refractivity contribution in [2.45, 2.75) is 43.1 Å². The molecule has 2 aliphatic rings. The molecule has 0 unspecified atom stereocenters. The molecule has 0 bridgehead atoms. The fourth-order valence-corrected chi connectivity index (χ4v) is 7.38. The molecule has 2 aromatic heterocycles. The highest BCUT2D eigenvalue weighted by molar-refractivity contribution is 8.01. The van der Waals surface area contributed by atoms with Gasteiger partial charge in [-0.1, -0.05) is 35.2 Å². The van der Waals surface area contributed by atoms with Gasteiger partial charge in [0.1, 0.15) is 40.2 Å². The number of β-lactam (4-membered cyclic amide) rings is 1. The Morgan fingerprint density at radius 2 is 2.05 bits per heavy atom. The van der Waals surface area contributed by atoms with Crippen molar-refractivity contribution in [2.24, 2.45) is 0 Å². The van der Waals surface area contributed by atoms with E-state index in [-0.39, 0.29) is 18.1 Å². The number of thioether (sulfide) groups is 2. The van der Waals surface area contributed by atoms with Crippen LogP contribution >= 0.6 is 34.9 Å². The molecule has 5 rings (SSSR count). The van der Waals surface area contributed by atoms with E-state index in [1.54, 1.807) is 6.07 Å². The van der Waals surface area contributed by atoms with Crippen LogP contribution in [0.25, 0.3) is 0 Å². The third-order valence-corrected chi connectivity index (χ3v) is 9.41. The Kier molecular flexibility index (Phi) is 7.50. The fraction of sp³-hybridized carbons (Fsp3) is 0.320. The molecule has 13 heteroatoms. The summed E-state index contributed by atoms with van der Waals surface area (Å²) in [6, 6.07) is 8.24. The Hall–Kier alpha value is -3.29. The van der Waals surface area contributed by atoms with Gasteiger partial charge in [-0.05, 0) is 55.7 Å². The van der Waals surface area contributed by atoms with Crippen LogP contribution in [0.15, 0.2) is 50.4 Å². The Labute approximate surface area is 230 Å². The summed E-state index contributed by atoms with van der Waals surface area (Å²) in [5, 5.41) is 20.9. The summed E-state index contributed by atoms with van der Waals surface area (Å²) >= 11 is 4.24. The predicted molar refractivity (Wildman–Crippen MR) is 143 cm³/mol. The lowest BCUT2D eigenvalue weighted by Crippen LogP contribution is -2.70. The molecule has 1 saturated heterocycles. The second-order valence-electron chi connectivity index (χ2n) is 8.82. The molecule has 0 aliphatic carbocycles. The van der Waals surface area contributed by atoms with Gasteiger partial charge in [-0.3, -0.25) is 14.5 Å². The van der Waals surface area contributed by atoms with Crippen molar-refractivity contribution in [1.82, 2.24) is 20.4 Å². The molecule has 2 aliphatic heterocycles. The van der Waals surface area contributed by atoms with Crippen molar-refractivity contribution in [3.63, 3.8) is 0 Å². The number of nitrogens with zero attached hydrogens (tertiary/aromatic N) is 3. The molecule has 3 aromatic rings. The van der Waals surface area contributed by atoms with Gasteiger partial charge in [0.25, 0.3) is 11.8 Å². The van der Waals surface area contributed by atoms with Crippen LogP contribution in [0.2, 0.25) is 0 Å². The first-order valence-electron chi connectivity index (χ1n) is 11.6. The van der Waals surface area contributed by atoms with Crippen LogP contribution in [-0.4, -0.2) is 60.9 Å². The molecule has 10 nitrogen and oxygen atoms in total. The number of amides is 2. The number of furan rings is 1. The van der Waals surface area contributed by atoms with Crippen LogP contribution in [0, 0.1) is 20.8 Å². The maximum Gasteiger partial charge on any atom is 0.352 e. The first-order valence-corrected chi connectivity index (χ1v) is 14.5. The number of ether oxygens (including phenoxy) is 1. The smallest absolute Gasteiger partial charge is 0.352 e. The highest BCUT2D eigenvalue weighted by atomic mass is 32.2. The van der Waals surface area contributed by atoms with Crippen molar-refractivity contribution in [3.8, 4) is 5.75 Å². The zero-order valence-electron chi connectivity index (χ0n) is 20.7. The number of carbonyl (C=O) groups is 3. The lowest BCUT2D eigenvalue weighted by atomic mass is 10.0. The minimum Gasteiger partial charge on any atom is -0.485 e. The molecule has 2 atom stereocenters.